The van der Waals surface area contributed by atoms with Crippen molar-refractivity contribution in [2.45, 2.75) is 11.8 Å². The van der Waals surface area contributed by atoms with Crippen molar-refractivity contribution >= 4 is 34.0 Å². The van der Waals surface area contributed by atoms with Crippen molar-refractivity contribution in [2.75, 3.05) is 22.5 Å². The van der Waals surface area contributed by atoms with Crippen LogP contribution in [0.15, 0.2) is 53.4 Å². The molecule has 0 radical (unpaired) electrons. The third-order valence-corrected chi connectivity index (χ3v) is 4.97. The number of carbonyl (C=O) groups excluding carboxylic acids is 2. The van der Waals surface area contributed by atoms with Gasteiger partial charge in [-0.15, -0.1) is 0 Å². The summed E-state index contributed by atoms with van der Waals surface area (Å²) < 4.78 is 12.1. The molecule has 0 aromatic heterocycles. The van der Waals surface area contributed by atoms with Crippen molar-refractivity contribution in [1.29, 1.82) is 0 Å². The quantitative estimate of drug-likeness (QED) is 0.920. The van der Waals surface area contributed by atoms with Crippen LogP contribution >= 0.6 is 0 Å². The molecule has 1 atom stereocenters. The number of para-hydroxylation sites is 1. The van der Waals surface area contributed by atoms with Crippen LogP contribution in [-0.2, 0) is 15.6 Å². The maximum atomic E-state index is 12.8. The molecule has 6 heteroatoms. The predicted octanol–water partition coefficient (Wildman–Crippen LogP) is 2.41. The average Bonchev–Trinajstić information content (AvgIpc) is 2.54. The summed E-state index contributed by atoms with van der Waals surface area (Å²) in [5.41, 5.74) is 1.75. The third-order valence-electron chi connectivity index (χ3n) is 3.58. The summed E-state index contributed by atoms with van der Waals surface area (Å²) in [4.78, 5) is 26.3. The second kappa shape index (κ2) is 6.34. The lowest BCUT2D eigenvalue weighted by Crippen LogP contribution is -2.38. The molecule has 1 N–H and O–H groups in total. The van der Waals surface area contributed by atoms with Gasteiger partial charge in [0.2, 0.25) is 5.91 Å². The number of carbonyl (C=O) groups is 2. The molecule has 1 aliphatic rings. The van der Waals surface area contributed by atoms with Gasteiger partial charge in [-0.25, -0.2) is 0 Å². The van der Waals surface area contributed by atoms with Crippen LogP contribution < -0.4 is 10.2 Å². The van der Waals surface area contributed by atoms with Gasteiger partial charge in [-0.05, 0) is 30.3 Å². The van der Waals surface area contributed by atoms with Gasteiger partial charge in [0.1, 0.15) is 0 Å². The summed E-state index contributed by atoms with van der Waals surface area (Å²) in [6, 6.07) is 14.1. The van der Waals surface area contributed by atoms with Crippen LogP contribution in [0, 0.1) is 0 Å². The average molecular weight is 328 g/mol. The highest BCUT2D eigenvalue weighted by Gasteiger charge is 2.27. The van der Waals surface area contributed by atoms with Crippen LogP contribution in [0.1, 0.15) is 17.3 Å². The van der Waals surface area contributed by atoms with Gasteiger partial charge in [-0.2, -0.15) is 0 Å². The summed E-state index contributed by atoms with van der Waals surface area (Å²) in [6.45, 7) is 1.83. The fourth-order valence-corrected chi connectivity index (χ4v) is 3.79. The Morgan fingerprint density at radius 1 is 1.13 bits per heavy atom. The predicted molar refractivity (Wildman–Crippen MR) is 90.1 cm³/mol. The topological polar surface area (TPSA) is 66.5 Å². The summed E-state index contributed by atoms with van der Waals surface area (Å²) in [6.07, 6.45) is 0. The Kier molecular flexibility index (Phi) is 4.25. The Bertz CT molecular complexity index is 804. The fraction of sp³-hybridized carbons (Fsp3) is 0.176. The van der Waals surface area contributed by atoms with Crippen LogP contribution in [-0.4, -0.2) is 28.3 Å². The van der Waals surface area contributed by atoms with Gasteiger partial charge in [-0.3, -0.25) is 13.8 Å². The summed E-state index contributed by atoms with van der Waals surface area (Å²) >= 11 is 0. The first-order chi connectivity index (χ1) is 11.1. The number of hydrogen-bond acceptors (Lipinski definition) is 3. The number of anilines is 2. The highest BCUT2D eigenvalue weighted by Crippen LogP contribution is 2.29. The molecule has 0 spiro atoms. The number of nitrogens with zero attached hydrogens (tertiary/aromatic N) is 1. The summed E-state index contributed by atoms with van der Waals surface area (Å²) in [5, 5.41) is 2.67. The Morgan fingerprint density at radius 3 is 2.70 bits per heavy atom. The molecule has 0 aliphatic carbocycles. The minimum absolute atomic E-state index is 0.165. The first-order valence-electron chi connectivity index (χ1n) is 7.23. The number of amides is 2. The molecule has 1 unspecified atom stereocenters. The van der Waals surface area contributed by atoms with E-state index in [4.69, 9.17) is 0 Å². The van der Waals surface area contributed by atoms with Crippen LogP contribution in [0.25, 0.3) is 0 Å². The van der Waals surface area contributed by atoms with Gasteiger partial charge in [0.05, 0.1) is 21.4 Å². The van der Waals surface area contributed by atoms with Gasteiger partial charge < -0.3 is 10.2 Å². The largest absolute Gasteiger partial charge is 0.326 e. The van der Waals surface area contributed by atoms with E-state index in [0.29, 0.717) is 34.1 Å². The summed E-state index contributed by atoms with van der Waals surface area (Å²) in [7, 11) is -1.07. The minimum Gasteiger partial charge on any atom is -0.326 e. The molecular weight excluding hydrogens is 312 g/mol. The number of hydrogen-bond donors (Lipinski definition) is 1. The Labute approximate surface area is 136 Å². The molecule has 0 fully saturated rings. The van der Waals surface area contributed by atoms with Crippen molar-refractivity contribution in [1.82, 2.24) is 0 Å². The zero-order valence-electron chi connectivity index (χ0n) is 12.6. The molecule has 2 aromatic rings. The molecule has 1 heterocycles. The molecule has 1 aliphatic heterocycles. The van der Waals surface area contributed by atoms with Gasteiger partial charge >= 0.3 is 0 Å². The monoisotopic (exact) mass is 328 g/mol. The van der Waals surface area contributed by atoms with Crippen LogP contribution in [0.5, 0.6) is 0 Å². The lowest BCUT2D eigenvalue weighted by atomic mass is 10.1. The fourth-order valence-electron chi connectivity index (χ4n) is 2.58. The molecule has 0 bridgehead atoms. The van der Waals surface area contributed by atoms with E-state index >= 15 is 0 Å². The number of nitrogens with one attached hydrogen (secondary N) is 1. The minimum atomic E-state index is -1.07. The second-order valence-electron chi connectivity index (χ2n) is 5.24. The number of fused-ring (bicyclic) bond motifs is 1. The number of benzene rings is 2. The van der Waals surface area contributed by atoms with E-state index in [1.807, 2.05) is 18.2 Å². The highest BCUT2D eigenvalue weighted by atomic mass is 32.2. The summed E-state index contributed by atoms with van der Waals surface area (Å²) in [5.74, 6) is 0.0726. The standard InChI is InChI=1S/C17H16N2O3S/c1-12(20)18-14-6-4-5-13(11-14)17(21)19-9-10-23(22)16-8-3-2-7-15(16)19/h2-8,11H,9-10H2,1H3,(H,18,20). The van der Waals surface area contributed by atoms with E-state index in [1.54, 1.807) is 35.2 Å². The van der Waals surface area contributed by atoms with E-state index in [1.165, 1.54) is 6.92 Å². The first kappa shape index (κ1) is 15.4. The Balaban J connectivity index is 1.94. The number of rotatable bonds is 2. The van der Waals surface area contributed by atoms with E-state index in [2.05, 4.69) is 5.32 Å². The molecule has 3 rings (SSSR count). The van der Waals surface area contributed by atoms with E-state index in [-0.39, 0.29) is 11.8 Å². The van der Waals surface area contributed by atoms with Gasteiger partial charge in [0.25, 0.3) is 5.91 Å². The normalized spacial score (nSPS) is 16.6. The maximum Gasteiger partial charge on any atom is 0.258 e. The molecule has 2 aromatic carbocycles. The molecular formula is C17H16N2O3S. The van der Waals surface area contributed by atoms with Crippen molar-refractivity contribution in [2.24, 2.45) is 0 Å². The molecule has 5 nitrogen and oxygen atoms in total. The Hall–Kier alpha value is -2.47. The van der Waals surface area contributed by atoms with E-state index in [0.717, 1.165) is 0 Å². The molecule has 23 heavy (non-hydrogen) atoms. The third kappa shape index (κ3) is 3.17. The maximum absolute atomic E-state index is 12.8. The van der Waals surface area contributed by atoms with E-state index < -0.39 is 10.8 Å². The van der Waals surface area contributed by atoms with Crippen LogP contribution in [0.3, 0.4) is 0 Å². The second-order valence-corrected chi connectivity index (χ2v) is 6.78. The van der Waals surface area contributed by atoms with Crippen LogP contribution in [0.2, 0.25) is 0 Å². The Morgan fingerprint density at radius 2 is 1.91 bits per heavy atom. The lowest BCUT2D eigenvalue weighted by molar-refractivity contribution is -0.114. The first-order valence-corrected chi connectivity index (χ1v) is 8.55. The lowest BCUT2D eigenvalue weighted by Gasteiger charge is -2.29. The van der Waals surface area contributed by atoms with Gasteiger partial charge in [0, 0.05) is 30.5 Å². The zero-order chi connectivity index (χ0) is 16.4. The van der Waals surface area contributed by atoms with Crippen LogP contribution in [0.4, 0.5) is 11.4 Å². The van der Waals surface area contributed by atoms with Crippen molar-refractivity contribution < 1.29 is 13.8 Å². The smallest absolute Gasteiger partial charge is 0.258 e. The molecule has 0 saturated carbocycles. The molecule has 2 amide bonds. The molecule has 118 valence electrons. The zero-order valence-corrected chi connectivity index (χ0v) is 13.4. The van der Waals surface area contributed by atoms with Crippen molar-refractivity contribution in [3.63, 3.8) is 0 Å². The van der Waals surface area contributed by atoms with Gasteiger partial charge in [-0.1, -0.05) is 18.2 Å². The van der Waals surface area contributed by atoms with Crippen molar-refractivity contribution in [3.05, 3.63) is 54.1 Å². The molecule has 0 saturated heterocycles. The SMILES string of the molecule is CC(=O)Nc1cccc(C(=O)N2CCS(=O)c3ccccc32)c1. The highest BCUT2D eigenvalue weighted by molar-refractivity contribution is 7.85. The van der Waals surface area contributed by atoms with Crippen molar-refractivity contribution in [3.8, 4) is 0 Å². The van der Waals surface area contributed by atoms with Gasteiger partial charge in [0.15, 0.2) is 0 Å². The van der Waals surface area contributed by atoms with E-state index in [9.17, 15) is 13.8 Å².